The molecule has 0 unspecified atom stereocenters. The molecule has 30 heavy (non-hydrogen) atoms. The first-order valence-corrected chi connectivity index (χ1v) is 11.4. The summed E-state index contributed by atoms with van der Waals surface area (Å²) in [6.45, 7) is 3.03. The highest BCUT2D eigenvalue weighted by molar-refractivity contribution is 7.99. The topological polar surface area (TPSA) is 73.0 Å². The maximum atomic E-state index is 12.5. The Labute approximate surface area is 180 Å². The number of fused-ring (bicyclic) bond motifs is 3. The molecule has 0 aliphatic rings. The maximum Gasteiger partial charge on any atom is 0.277 e. The van der Waals surface area contributed by atoms with E-state index in [1.165, 1.54) is 34.0 Å². The minimum absolute atomic E-state index is 0.116. The lowest BCUT2D eigenvalue weighted by Crippen LogP contribution is -2.13. The van der Waals surface area contributed by atoms with Gasteiger partial charge in [0.2, 0.25) is 5.91 Å². The minimum Gasteiger partial charge on any atom is -0.410 e. The van der Waals surface area contributed by atoms with Crippen molar-refractivity contribution in [3.05, 3.63) is 60.0 Å². The molecule has 6 nitrogen and oxygen atoms in total. The molecule has 5 aromatic rings. The van der Waals surface area contributed by atoms with Gasteiger partial charge in [0, 0.05) is 34.0 Å². The van der Waals surface area contributed by atoms with Gasteiger partial charge in [-0.15, -0.1) is 21.5 Å². The van der Waals surface area contributed by atoms with Crippen LogP contribution < -0.4 is 5.32 Å². The van der Waals surface area contributed by atoms with Crippen molar-refractivity contribution in [1.82, 2.24) is 14.8 Å². The quantitative estimate of drug-likeness (QED) is 0.349. The van der Waals surface area contributed by atoms with Crippen LogP contribution in [0.1, 0.15) is 6.92 Å². The van der Waals surface area contributed by atoms with Crippen molar-refractivity contribution in [3.8, 4) is 10.8 Å². The van der Waals surface area contributed by atoms with Gasteiger partial charge < -0.3 is 14.3 Å². The molecule has 0 aliphatic carbocycles. The smallest absolute Gasteiger partial charge is 0.277 e. The number of aryl methyl sites for hydroxylation is 1. The molecule has 0 aliphatic heterocycles. The van der Waals surface area contributed by atoms with E-state index in [1.54, 1.807) is 0 Å². The van der Waals surface area contributed by atoms with E-state index in [4.69, 9.17) is 4.42 Å². The predicted molar refractivity (Wildman–Crippen MR) is 122 cm³/mol. The van der Waals surface area contributed by atoms with Crippen LogP contribution >= 0.6 is 23.1 Å². The number of carbonyl (C=O) groups excluding carboxylic acids is 1. The molecule has 150 valence electrons. The van der Waals surface area contributed by atoms with Crippen molar-refractivity contribution in [2.24, 2.45) is 0 Å². The molecular formula is C22H18N4O2S2. The van der Waals surface area contributed by atoms with Gasteiger partial charge in [0.05, 0.1) is 10.6 Å². The number of amides is 1. The van der Waals surface area contributed by atoms with E-state index in [-0.39, 0.29) is 11.7 Å². The number of nitrogens with one attached hydrogen (secondary N) is 1. The van der Waals surface area contributed by atoms with E-state index in [2.05, 4.69) is 51.3 Å². The SMILES string of the molecule is CCn1c2ccccc2c2cc(NC(=O)CSc3nnc(-c4cccs4)o3)ccc21. The number of anilines is 1. The number of nitrogens with zero attached hydrogens (tertiary/aromatic N) is 3. The monoisotopic (exact) mass is 434 g/mol. The van der Waals surface area contributed by atoms with Crippen molar-refractivity contribution in [2.45, 2.75) is 18.7 Å². The van der Waals surface area contributed by atoms with Gasteiger partial charge >= 0.3 is 0 Å². The summed E-state index contributed by atoms with van der Waals surface area (Å²) in [6.07, 6.45) is 0. The number of hydrogen-bond donors (Lipinski definition) is 1. The van der Waals surface area contributed by atoms with Crippen molar-refractivity contribution in [1.29, 1.82) is 0 Å². The molecule has 0 atom stereocenters. The van der Waals surface area contributed by atoms with E-state index in [0.717, 1.165) is 28.0 Å². The van der Waals surface area contributed by atoms with Crippen LogP contribution in [-0.4, -0.2) is 26.4 Å². The Morgan fingerprint density at radius 3 is 2.80 bits per heavy atom. The number of thiophene rings is 1. The number of aromatic nitrogens is 3. The van der Waals surface area contributed by atoms with Gasteiger partial charge in [-0.2, -0.15) is 0 Å². The molecular weight excluding hydrogens is 416 g/mol. The van der Waals surface area contributed by atoms with Gasteiger partial charge in [-0.05, 0) is 42.6 Å². The highest BCUT2D eigenvalue weighted by Gasteiger charge is 2.13. The third kappa shape index (κ3) is 3.48. The predicted octanol–water partition coefficient (Wildman–Crippen LogP) is 5.66. The summed E-state index contributed by atoms with van der Waals surface area (Å²) in [5.74, 6) is 0.556. The van der Waals surface area contributed by atoms with Crippen LogP contribution in [0.15, 0.2) is 69.6 Å². The van der Waals surface area contributed by atoms with Gasteiger partial charge in [0.15, 0.2) is 0 Å². The summed E-state index contributed by atoms with van der Waals surface area (Å²) >= 11 is 2.76. The van der Waals surface area contributed by atoms with E-state index in [9.17, 15) is 4.79 Å². The third-order valence-electron chi connectivity index (χ3n) is 4.84. The lowest BCUT2D eigenvalue weighted by Gasteiger charge is -2.06. The Balaban J connectivity index is 1.31. The maximum absolute atomic E-state index is 12.5. The van der Waals surface area contributed by atoms with Crippen molar-refractivity contribution < 1.29 is 9.21 Å². The van der Waals surface area contributed by atoms with Crippen LogP contribution in [0, 0.1) is 0 Å². The zero-order valence-corrected chi connectivity index (χ0v) is 17.8. The second kappa shape index (κ2) is 7.97. The normalized spacial score (nSPS) is 11.4. The average molecular weight is 435 g/mol. The fraction of sp³-hybridized carbons (Fsp3) is 0.136. The highest BCUT2D eigenvalue weighted by atomic mass is 32.2. The molecule has 0 saturated carbocycles. The van der Waals surface area contributed by atoms with E-state index >= 15 is 0 Å². The number of para-hydroxylation sites is 1. The number of hydrogen-bond acceptors (Lipinski definition) is 6. The molecule has 3 heterocycles. The van der Waals surface area contributed by atoms with Crippen molar-refractivity contribution >= 4 is 56.5 Å². The lowest BCUT2D eigenvalue weighted by atomic mass is 10.1. The number of thioether (sulfide) groups is 1. The summed E-state index contributed by atoms with van der Waals surface area (Å²) in [7, 11) is 0. The largest absolute Gasteiger partial charge is 0.410 e. The molecule has 2 aromatic carbocycles. The van der Waals surface area contributed by atoms with Gasteiger partial charge in [-0.3, -0.25) is 4.79 Å². The molecule has 0 saturated heterocycles. The Kier molecular flexibility index (Phi) is 5.02. The van der Waals surface area contributed by atoms with Gasteiger partial charge in [-0.25, -0.2) is 0 Å². The molecule has 1 amide bonds. The number of benzene rings is 2. The molecule has 0 radical (unpaired) electrons. The molecule has 8 heteroatoms. The number of carbonyl (C=O) groups is 1. The van der Waals surface area contributed by atoms with E-state index in [0.29, 0.717) is 11.1 Å². The summed E-state index contributed by atoms with van der Waals surface area (Å²) < 4.78 is 7.90. The first-order valence-electron chi connectivity index (χ1n) is 9.54. The van der Waals surface area contributed by atoms with Crippen LogP contribution in [0.25, 0.3) is 32.6 Å². The zero-order chi connectivity index (χ0) is 20.5. The fourth-order valence-corrected chi connectivity index (χ4v) is 4.77. The van der Waals surface area contributed by atoms with Crippen LogP contribution in [0.3, 0.4) is 0 Å². The Morgan fingerprint density at radius 2 is 1.97 bits per heavy atom. The molecule has 5 rings (SSSR count). The summed E-state index contributed by atoms with van der Waals surface area (Å²) in [6, 6.07) is 18.2. The average Bonchev–Trinajstić information content (AvgIpc) is 3.50. The van der Waals surface area contributed by atoms with Gasteiger partial charge in [-0.1, -0.05) is 36.0 Å². The minimum atomic E-state index is -0.116. The second-order valence-electron chi connectivity index (χ2n) is 6.68. The molecule has 3 aromatic heterocycles. The first kappa shape index (κ1) is 18.9. The van der Waals surface area contributed by atoms with Gasteiger partial charge in [0.25, 0.3) is 11.1 Å². The standard InChI is InChI=1S/C22H18N4O2S2/c1-2-26-17-7-4-3-6-15(17)16-12-14(9-10-18(16)26)23-20(27)13-30-22-25-24-21(28-22)19-8-5-11-29-19/h3-12H,2,13H2,1H3,(H,23,27). The summed E-state index contributed by atoms with van der Waals surface area (Å²) in [5.41, 5.74) is 3.14. The lowest BCUT2D eigenvalue weighted by molar-refractivity contribution is -0.113. The first-order chi connectivity index (χ1) is 14.7. The van der Waals surface area contributed by atoms with Crippen molar-refractivity contribution in [2.75, 3.05) is 11.1 Å². The fourth-order valence-electron chi connectivity index (χ4n) is 3.56. The van der Waals surface area contributed by atoms with E-state index in [1.807, 2.05) is 35.7 Å². The molecule has 0 spiro atoms. The Morgan fingerprint density at radius 1 is 1.10 bits per heavy atom. The van der Waals surface area contributed by atoms with Crippen LogP contribution in [-0.2, 0) is 11.3 Å². The van der Waals surface area contributed by atoms with Crippen molar-refractivity contribution in [3.63, 3.8) is 0 Å². The van der Waals surface area contributed by atoms with Crippen LogP contribution in [0.5, 0.6) is 0 Å². The summed E-state index contributed by atoms with van der Waals surface area (Å²) in [4.78, 5) is 13.4. The Hall–Kier alpha value is -3.10. The number of rotatable bonds is 6. The molecule has 1 N–H and O–H groups in total. The highest BCUT2D eigenvalue weighted by Crippen LogP contribution is 2.31. The van der Waals surface area contributed by atoms with Crippen LogP contribution in [0.4, 0.5) is 5.69 Å². The summed E-state index contributed by atoms with van der Waals surface area (Å²) in [5, 5.41) is 15.7. The van der Waals surface area contributed by atoms with Crippen LogP contribution in [0.2, 0.25) is 0 Å². The molecule has 0 fully saturated rings. The van der Waals surface area contributed by atoms with Gasteiger partial charge in [0.1, 0.15) is 0 Å². The van der Waals surface area contributed by atoms with E-state index < -0.39 is 0 Å². The molecule has 0 bridgehead atoms. The second-order valence-corrected chi connectivity index (χ2v) is 8.55. The zero-order valence-electron chi connectivity index (χ0n) is 16.2. The Bertz CT molecular complexity index is 1340. The third-order valence-corrected chi connectivity index (χ3v) is 6.51.